The molecule has 35 heavy (non-hydrogen) atoms. The van der Waals surface area contributed by atoms with Crippen molar-refractivity contribution in [3.05, 3.63) is 51.5 Å². The number of Topliss-reactive ketones (excluding diaryl/α,β-unsaturated/α-hetero) is 2. The van der Waals surface area contributed by atoms with Crippen LogP contribution < -0.4 is 11.1 Å². The van der Waals surface area contributed by atoms with E-state index in [9.17, 15) is 29.7 Å². The molecule has 0 aromatic heterocycles. The minimum Gasteiger partial charge on any atom is -0.511 e. The quantitative estimate of drug-likeness (QED) is 0.407. The number of aliphatic hydroxyl groups is 2. The minimum absolute atomic E-state index is 0.118. The van der Waals surface area contributed by atoms with E-state index < -0.39 is 40.9 Å². The standard InChI is InChI=1S/C26H31N3O6/c1-29(2)21-15-10-12-9-14-13(11-5-7-28-8-6-11)3-4-16(30)18(14)22(31)17(12)23(32)19(15)24(33)20(25(21)34)26(27)35/h3-4,11-12,15,19,21,28,30,32,34H,5-10H2,1-2H3,(H2,27,35)/t12?,15?,19?,21-/m0/s1. The Morgan fingerprint density at radius 3 is 2.37 bits per heavy atom. The van der Waals surface area contributed by atoms with Crippen molar-refractivity contribution in [1.29, 1.82) is 0 Å². The molecule has 9 heteroatoms. The summed E-state index contributed by atoms with van der Waals surface area (Å²) in [5.74, 6) is -5.03. The molecule has 0 radical (unpaired) electrons. The maximum atomic E-state index is 13.7. The molecule has 0 spiro atoms. The molecule has 5 rings (SSSR count). The number of hydrogen-bond acceptors (Lipinski definition) is 8. The molecule has 6 N–H and O–H groups in total. The molecular weight excluding hydrogens is 450 g/mol. The Hall–Kier alpha value is -3.17. The molecular formula is C26H31N3O6. The number of ketones is 2. The summed E-state index contributed by atoms with van der Waals surface area (Å²) >= 11 is 0. The first-order valence-corrected chi connectivity index (χ1v) is 12.1. The smallest absolute Gasteiger partial charge is 0.255 e. The van der Waals surface area contributed by atoms with Gasteiger partial charge in [-0.3, -0.25) is 19.3 Å². The van der Waals surface area contributed by atoms with Crippen LogP contribution in [0.25, 0.3) is 0 Å². The maximum absolute atomic E-state index is 13.7. The molecule has 1 amide bonds. The Bertz CT molecular complexity index is 1190. The van der Waals surface area contributed by atoms with Crippen LogP contribution in [0.2, 0.25) is 0 Å². The molecule has 1 heterocycles. The van der Waals surface area contributed by atoms with E-state index in [2.05, 4.69) is 5.32 Å². The summed E-state index contributed by atoms with van der Waals surface area (Å²) in [5.41, 5.74) is 7.05. The highest BCUT2D eigenvalue weighted by Gasteiger charge is 2.54. The lowest BCUT2D eigenvalue weighted by molar-refractivity contribution is -0.127. The summed E-state index contributed by atoms with van der Waals surface area (Å²) in [6, 6.07) is 2.73. The molecule has 1 aliphatic heterocycles. The number of benzene rings is 1. The van der Waals surface area contributed by atoms with Crippen molar-refractivity contribution < 1.29 is 29.7 Å². The van der Waals surface area contributed by atoms with Crippen LogP contribution in [0.5, 0.6) is 5.75 Å². The molecule has 4 atom stereocenters. The van der Waals surface area contributed by atoms with E-state index >= 15 is 0 Å². The maximum Gasteiger partial charge on any atom is 0.255 e. The zero-order chi connectivity index (χ0) is 25.2. The van der Waals surface area contributed by atoms with Gasteiger partial charge in [0.1, 0.15) is 22.8 Å². The van der Waals surface area contributed by atoms with Gasteiger partial charge in [-0.1, -0.05) is 6.07 Å². The molecule has 9 nitrogen and oxygen atoms in total. The van der Waals surface area contributed by atoms with Crippen LogP contribution in [-0.4, -0.2) is 70.9 Å². The van der Waals surface area contributed by atoms with Gasteiger partial charge in [-0.2, -0.15) is 0 Å². The summed E-state index contributed by atoms with van der Waals surface area (Å²) in [4.78, 5) is 40.7. The van der Waals surface area contributed by atoms with E-state index in [0.717, 1.165) is 37.1 Å². The number of phenols is 1. The Balaban J connectivity index is 1.64. The number of carbonyl (C=O) groups is 3. The van der Waals surface area contributed by atoms with Crippen molar-refractivity contribution in [3.8, 4) is 5.75 Å². The second-order valence-corrected chi connectivity index (χ2v) is 10.4. The van der Waals surface area contributed by atoms with Gasteiger partial charge in [0.25, 0.3) is 5.91 Å². The van der Waals surface area contributed by atoms with E-state index in [1.165, 1.54) is 6.07 Å². The molecule has 1 aromatic rings. The topological polar surface area (TPSA) is 153 Å². The number of nitrogens with one attached hydrogen (secondary N) is 1. The fraction of sp³-hybridized carbons (Fsp3) is 0.500. The zero-order valence-electron chi connectivity index (χ0n) is 19.9. The SMILES string of the molecule is CN(C)[C@@H]1C(O)=C(C(N)=O)C(=O)C2C(O)=C3C(=O)c4c(O)ccc(C5CCNCC5)c4CC3CC21. The number of nitrogens with zero attached hydrogens (tertiary/aromatic N) is 1. The highest BCUT2D eigenvalue weighted by Crippen LogP contribution is 2.51. The number of amides is 1. The summed E-state index contributed by atoms with van der Waals surface area (Å²) in [6.07, 6.45) is 2.67. The highest BCUT2D eigenvalue weighted by molar-refractivity contribution is 6.22. The Labute approximate surface area is 203 Å². The number of fused-ring (bicyclic) bond motifs is 3. The monoisotopic (exact) mass is 481 g/mol. The van der Waals surface area contributed by atoms with Crippen LogP contribution in [0.3, 0.4) is 0 Å². The van der Waals surface area contributed by atoms with Crippen molar-refractivity contribution in [1.82, 2.24) is 10.2 Å². The van der Waals surface area contributed by atoms with E-state index in [1.54, 1.807) is 19.0 Å². The molecule has 3 aliphatic carbocycles. The molecule has 0 bridgehead atoms. The first kappa shape index (κ1) is 23.6. The largest absolute Gasteiger partial charge is 0.511 e. The summed E-state index contributed by atoms with van der Waals surface area (Å²) in [5, 5.41) is 36.2. The molecule has 4 aliphatic rings. The third kappa shape index (κ3) is 3.48. The van der Waals surface area contributed by atoms with Gasteiger partial charge in [0.05, 0.1) is 17.5 Å². The molecule has 1 aromatic carbocycles. The number of allylic oxidation sites excluding steroid dienone is 2. The molecule has 186 valence electrons. The summed E-state index contributed by atoms with van der Waals surface area (Å²) in [6.45, 7) is 1.77. The van der Waals surface area contributed by atoms with E-state index in [0.29, 0.717) is 12.8 Å². The number of rotatable bonds is 3. The minimum atomic E-state index is -1.16. The Kier molecular flexibility index (Phi) is 5.72. The van der Waals surface area contributed by atoms with Crippen LogP contribution in [0, 0.1) is 17.8 Å². The average Bonchev–Trinajstić information content (AvgIpc) is 2.78. The van der Waals surface area contributed by atoms with Gasteiger partial charge >= 0.3 is 0 Å². The summed E-state index contributed by atoms with van der Waals surface area (Å²) in [7, 11) is 3.44. The van der Waals surface area contributed by atoms with Crippen molar-refractivity contribution in [2.45, 2.75) is 37.6 Å². The lowest BCUT2D eigenvalue weighted by Gasteiger charge is -2.46. The van der Waals surface area contributed by atoms with Crippen molar-refractivity contribution in [2.75, 3.05) is 27.2 Å². The molecule has 1 fully saturated rings. The second-order valence-electron chi connectivity index (χ2n) is 10.4. The van der Waals surface area contributed by atoms with Crippen molar-refractivity contribution in [2.24, 2.45) is 23.5 Å². The number of aromatic hydroxyl groups is 1. The summed E-state index contributed by atoms with van der Waals surface area (Å²) < 4.78 is 0. The third-order valence-electron chi connectivity index (χ3n) is 8.27. The predicted octanol–water partition coefficient (Wildman–Crippen LogP) is 1.47. The fourth-order valence-electron chi connectivity index (χ4n) is 6.81. The number of phenolic OH excluding ortho intramolecular Hbond substituents is 1. The van der Waals surface area contributed by atoms with Gasteiger partial charge in [0, 0.05) is 5.57 Å². The number of piperidine rings is 1. The Morgan fingerprint density at radius 1 is 1.06 bits per heavy atom. The van der Waals surface area contributed by atoms with Crippen LogP contribution in [0.4, 0.5) is 0 Å². The van der Waals surface area contributed by atoms with Gasteiger partial charge in [0.2, 0.25) is 0 Å². The lowest BCUT2D eigenvalue weighted by Crippen LogP contribution is -2.53. The van der Waals surface area contributed by atoms with Crippen molar-refractivity contribution in [3.63, 3.8) is 0 Å². The van der Waals surface area contributed by atoms with Crippen LogP contribution in [0.1, 0.15) is 46.7 Å². The Morgan fingerprint density at radius 2 is 1.74 bits per heavy atom. The van der Waals surface area contributed by atoms with Gasteiger partial charge in [0.15, 0.2) is 11.6 Å². The number of carbonyl (C=O) groups excluding carboxylic acids is 3. The molecule has 3 unspecified atom stereocenters. The van der Waals surface area contributed by atoms with Gasteiger partial charge in [-0.05, 0) is 87.8 Å². The number of primary amides is 1. The third-order valence-corrected chi connectivity index (χ3v) is 8.27. The normalized spacial score (nSPS) is 29.2. The molecule has 0 saturated carbocycles. The lowest BCUT2D eigenvalue weighted by atomic mass is 9.60. The first-order valence-electron chi connectivity index (χ1n) is 12.1. The fourth-order valence-corrected chi connectivity index (χ4v) is 6.81. The van der Waals surface area contributed by atoms with Gasteiger partial charge in [-0.15, -0.1) is 0 Å². The van der Waals surface area contributed by atoms with Crippen LogP contribution in [-0.2, 0) is 16.0 Å². The number of aliphatic hydroxyl groups excluding tert-OH is 2. The average molecular weight is 482 g/mol. The van der Waals surface area contributed by atoms with Gasteiger partial charge in [-0.25, -0.2) is 0 Å². The first-order chi connectivity index (χ1) is 16.6. The van der Waals surface area contributed by atoms with Crippen LogP contribution >= 0.6 is 0 Å². The number of nitrogens with two attached hydrogens (primary N) is 1. The highest BCUT2D eigenvalue weighted by atomic mass is 16.3. The van der Waals surface area contributed by atoms with Crippen molar-refractivity contribution >= 4 is 17.5 Å². The zero-order valence-corrected chi connectivity index (χ0v) is 19.9. The second kappa shape index (κ2) is 8.49. The van der Waals surface area contributed by atoms with E-state index in [4.69, 9.17) is 5.73 Å². The predicted molar refractivity (Wildman–Crippen MR) is 127 cm³/mol. The number of likely N-dealkylation sites (N-methyl/N-ethyl adjacent to an activating group) is 1. The van der Waals surface area contributed by atoms with E-state index in [-0.39, 0.29) is 40.2 Å². The number of hydrogen-bond donors (Lipinski definition) is 5. The van der Waals surface area contributed by atoms with Gasteiger partial charge < -0.3 is 26.4 Å². The van der Waals surface area contributed by atoms with Crippen LogP contribution in [0.15, 0.2) is 34.8 Å². The van der Waals surface area contributed by atoms with E-state index in [1.807, 2.05) is 6.07 Å². The molecule has 1 saturated heterocycles.